The molecule has 1 aliphatic rings. The van der Waals surface area contributed by atoms with Crippen LogP contribution in [0.3, 0.4) is 0 Å². The smallest absolute Gasteiger partial charge is 0.309 e. The Hall–Kier alpha value is -1.86. The summed E-state index contributed by atoms with van der Waals surface area (Å²) >= 11 is 0. The van der Waals surface area contributed by atoms with E-state index in [9.17, 15) is 9.90 Å². The number of likely N-dealkylation sites (tertiary alicyclic amines) is 1. The van der Waals surface area contributed by atoms with E-state index in [4.69, 9.17) is 5.26 Å². The average Bonchev–Trinajstić information content (AvgIpc) is 2.54. The second-order valence-electron chi connectivity index (χ2n) is 5.88. The van der Waals surface area contributed by atoms with Crippen LogP contribution >= 0.6 is 0 Å². The zero-order valence-electron chi connectivity index (χ0n) is 12.7. The van der Waals surface area contributed by atoms with E-state index >= 15 is 0 Å². The summed E-state index contributed by atoms with van der Waals surface area (Å²) in [6.07, 6.45) is 2.11. The highest BCUT2D eigenvalue weighted by Crippen LogP contribution is 2.37. The Morgan fingerprint density at radius 1 is 1.38 bits per heavy atom. The molecule has 0 saturated carbocycles. The molecule has 1 aromatic rings. The molecule has 1 heterocycles. The summed E-state index contributed by atoms with van der Waals surface area (Å²) in [7, 11) is 0. The van der Waals surface area contributed by atoms with Gasteiger partial charge in [-0.25, -0.2) is 0 Å². The number of hydrogen-bond donors (Lipinski definition) is 1. The van der Waals surface area contributed by atoms with Crippen LogP contribution in [0.15, 0.2) is 24.3 Å². The van der Waals surface area contributed by atoms with Crippen LogP contribution in [-0.2, 0) is 4.79 Å². The van der Waals surface area contributed by atoms with Gasteiger partial charge in [0.25, 0.3) is 0 Å². The molecule has 1 unspecified atom stereocenters. The van der Waals surface area contributed by atoms with E-state index in [0.717, 1.165) is 13.1 Å². The molecule has 1 N–H and O–H groups in total. The Balaban J connectivity index is 2.04. The second-order valence-corrected chi connectivity index (χ2v) is 5.88. The highest BCUT2D eigenvalue weighted by atomic mass is 16.4. The maximum Gasteiger partial charge on any atom is 0.309 e. The second kappa shape index (κ2) is 6.28. The molecule has 2 rings (SSSR count). The fourth-order valence-electron chi connectivity index (χ4n) is 3.10. The van der Waals surface area contributed by atoms with Crippen molar-refractivity contribution in [2.24, 2.45) is 5.41 Å². The van der Waals surface area contributed by atoms with E-state index in [1.807, 2.05) is 31.2 Å². The summed E-state index contributed by atoms with van der Waals surface area (Å²) < 4.78 is 0. The molecule has 1 saturated heterocycles. The number of nitrogens with zero attached hydrogens (tertiary/aromatic N) is 2. The van der Waals surface area contributed by atoms with Gasteiger partial charge >= 0.3 is 5.97 Å². The number of rotatable bonds is 4. The van der Waals surface area contributed by atoms with Gasteiger partial charge in [-0.1, -0.05) is 19.1 Å². The third-order valence-electron chi connectivity index (χ3n) is 4.96. The normalized spacial score (nSPS) is 19.7. The summed E-state index contributed by atoms with van der Waals surface area (Å²) in [6.45, 7) is 5.72. The molecule has 4 heteroatoms. The standard InChI is InChI=1S/C17H22N2O2/c1-3-17(16(20)21)8-10-19(11-9-17)13(2)15-6-4-14(12-18)5-7-15/h4-7,13H,3,8-11H2,1-2H3,(H,20,21). The minimum Gasteiger partial charge on any atom is -0.481 e. The minimum absolute atomic E-state index is 0.251. The van der Waals surface area contributed by atoms with Gasteiger partial charge < -0.3 is 5.11 Å². The van der Waals surface area contributed by atoms with Crippen molar-refractivity contribution >= 4 is 5.97 Å². The number of carboxylic acid groups (broad SMARTS) is 1. The van der Waals surface area contributed by atoms with Crippen molar-refractivity contribution in [3.63, 3.8) is 0 Å². The van der Waals surface area contributed by atoms with Gasteiger partial charge in [0, 0.05) is 6.04 Å². The molecular weight excluding hydrogens is 264 g/mol. The van der Waals surface area contributed by atoms with Crippen molar-refractivity contribution in [3.05, 3.63) is 35.4 Å². The molecule has 0 radical (unpaired) electrons. The first-order valence-corrected chi connectivity index (χ1v) is 7.50. The molecular formula is C17H22N2O2. The third kappa shape index (κ3) is 3.08. The molecule has 0 amide bonds. The zero-order valence-corrected chi connectivity index (χ0v) is 12.7. The maximum atomic E-state index is 11.5. The van der Waals surface area contributed by atoms with Crippen LogP contribution in [0.25, 0.3) is 0 Å². The molecule has 0 aliphatic carbocycles. The summed E-state index contributed by atoms with van der Waals surface area (Å²) in [5.41, 5.74) is 1.30. The molecule has 1 fully saturated rings. The van der Waals surface area contributed by atoms with E-state index in [-0.39, 0.29) is 6.04 Å². The van der Waals surface area contributed by atoms with Crippen LogP contribution in [0.2, 0.25) is 0 Å². The fourth-order valence-corrected chi connectivity index (χ4v) is 3.10. The number of nitriles is 1. The quantitative estimate of drug-likeness (QED) is 0.923. The van der Waals surface area contributed by atoms with Crippen LogP contribution in [-0.4, -0.2) is 29.1 Å². The largest absolute Gasteiger partial charge is 0.481 e. The van der Waals surface area contributed by atoms with Crippen molar-refractivity contribution in [1.29, 1.82) is 5.26 Å². The SMILES string of the molecule is CCC1(C(=O)O)CCN(C(C)c2ccc(C#N)cc2)CC1. The molecule has 0 aromatic heterocycles. The van der Waals surface area contributed by atoms with Crippen molar-refractivity contribution in [1.82, 2.24) is 4.90 Å². The van der Waals surface area contributed by atoms with Crippen LogP contribution in [0, 0.1) is 16.7 Å². The molecule has 1 aromatic carbocycles. The number of carbonyl (C=O) groups is 1. The minimum atomic E-state index is -0.657. The number of aliphatic carboxylic acids is 1. The zero-order chi connectivity index (χ0) is 15.5. The molecule has 112 valence electrons. The number of carboxylic acids is 1. The summed E-state index contributed by atoms with van der Waals surface area (Å²) in [5, 5.41) is 18.3. The highest BCUT2D eigenvalue weighted by molar-refractivity contribution is 5.74. The fraction of sp³-hybridized carbons (Fsp3) is 0.529. The average molecular weight is 286 g/mol. The first-order chi connectivity index (χ1) is 10.0. The van der Waals surface area contributed by atoms with E-state index in [1.165, 1.54) is 5.56 Å². The lowest BCUT2D eigenvalue weighted by molar-refractivity contribution is -0.152. The van der Waals surface area contributed by atoms with Gasteiger partial charge in [0.2, 0.25) is 0 Å². The van der Waals surface area contributed by atoms with Gasteiger partial charge in [-0.05, 0) is 57.0 Å². The predicted octanol–water partition coefficient (Wildman–Crippen LogP) is 3.20. The lowest BCUT2D eigenvalue weighted by Crippen LogP contribution is -2.44. The van der Waals surface area contributed by atoms with Crippen molar-refractivity contribution in [2.75, 3.05) is 13.1 Å². The Morgan fingerprint density at radius 3 is 2.38 bits per heavy atom. The van der Waals surface area contributed by atoms with Crippen molar-refractivity contribution in [3.8, 4) is 6.07 Å². The Bertz CT molecular complexity index is 537. The molecule has 0 spiro atoms. The van der Waals surface area contributed by atoms with Gasteiger partial charge in [-0.3, -0.25) is 9.69 Å². The Labute approximate surface area is 126 Å². The van der Waals surface area contributed by atoms with Gasteiger partial charge in [-0.15, -0.1) is 0 Å². The van der Waals surface area contributed by atoms with Crippen LogP contribution in [0.5, 0.6) is 0 Å². The van der Waals surface area contributed by atoms with Crippen LogP contribution < -0.4 is 0 Å². The molecule has 1 aliphatic heterocycles. The van der Waals surface area contributed by atoms with E-state index in [2.05, 4.69) is 17.9 Å². The monoisotopic (exact) mass is 286 g/mol. The summed E-state index contributed by atoms with van der Waals surface area (Å²) in [5.74, 6) is -0.657. The van der Waals surface area contributed by atoms with Gasteiger partial charge in [-0.2, -0.15) is 5.26 Å². The van der Waals surface area contributed by atoms with Crippen molar-refractivity contribution in [2.45, 2.75) is 39.2 Å². The van der Waals surface area contributed by atoms with Crippen LogP contribution in [0.1, 0.15) is 50.3 Å². The van der Waals surface area contributed by atoms with E-state index in [1.54, 1.807) is 0 Å². The highest BCUT2D eigenvalue weighted by Gasteiger charge is 2.40. The maximum absolute atomic E-state index is 11.5. The van der Waals surface area contributed by atoms with E-state index < -0.39 is 11.4 Å². The molecule has 21 heavy (non-hydrogen) atoms. The van der Waals surface area contributed by atoms with Crippen molar-refractivity contribution < 1.29 is 9.90 Å². The van der Waals surface area contributed by atoms with E-state index in [0.29, 0.717) is 24.8 Å². The van der Waals surface area contributed by atoms with Gasteiger partial charge in [0.15, 0.2) is 0 Å². The third-order valence-corrected chi connectivity index (χ3v) is 4.96. The first kappa shape index (κ1) is 15.5. The Kier molecular flexibility index (Phi) is 4.64. The number of piperidine rings is 1. The van der Waals surface area contributed by atoms with Gasteiger partial charge in [0.05, 0.1) is 17.0 Å². The summed E-state index contributed by atoms with van der Waals surface area (Å²) in [4.78, 5) is 13.8. The lowest BCUT2D eigenvalue weighted by atomic mass is 9.76. The molecule has 4 nitrogen and oxygen atoms in total. The predicted molar refractivity (Wildman–Crippen MR) is 80.7 cm³/mol. The first-order valence-electron chi connectivity index (χ1n) is 7.50. The number of benzene rings is 1. The topological polar surface area (TPSA) is 64.3 Å². The van der Waals surface area contributed by atoms with Crippen LogP contribution in [0.4, 0.5) is 0 Å². The number of hydrogen-bond acceptors (Lipinski definition) is 3. The lowest BCUT2D eigenvalue weighted by Gasteiger charge is -2.41. The summed E-state index contributed by atoms with van der Waals surface area (Å²) in [6, 6.07) is 10.0. The van der Waals surface area contributed by atoms with Gasteiger partial charge in [0.1, 0.15) is 0 Å². The molecule has 0 bridgehead atoms. The Morgan fingerprint density at radius 2 is 1.95 bits per heavy atom. The molecule has 1 atom stereocenters.